The van der Waals surface area contributed by atoms with Crippen molar-refractivity contribution in [2.24, 2.45) is 22.2 Å². The predicted octanol–water partition coefficient (Wildman–Crippen LogP) is 7.84. The molecule has 194 valence electrons. The van der Waals surface area contributed by atoms with E-state index in [1.54, 1.807) is 0 Å². The van der Waals surface area contributed by atoms with E-state index in [1.807, 2.05) is 0 Å². The van der Waals surface area contributed by atoms with Gasteiger partial charge in [-0.1, -0.05) is 64.2 Å². The fourth-order valence-electron chi connectivity index (χ4n) is 6.83. The Labute approximate surface area is 211 Å². The summed E-state index contributed by atoms with van der Waals surface area (Å²) in [5.41, 5.74) is 0.963. The first kappa shape index (κ1) is 25.4. The van der Waals surface area contributed by atoms with E-state index in [2.05, 4.69) is 19.9 Å². The first-order valence-electron chi connectivity index (χ1n) is 13.5. The number of ketones is 1. The number of hydrogen-bond donors (Lipinski definition) is 1. The number of benzene rings is 1. The van der Waals surface area contributed by atoms with Crippen LogP contribution in [0.5, 0.6) is 0 Å². The van der Waals surface area contributed by atoms with E-state index in [9.17, 15) is 23.1 Å². The first-order chi connectivity index (χ1) is 17.0. The van der Waals surface area contributed by atoms with Gasteiger partial charge in [-0.15, -0.1) is 0 Å². The van der Waals surface area contributed by atoms with Gasteiger partial charge in [0.05, 0.1) is 11.3 Å². The van der Waals surface area contributed by atoms with Crippen molar-refractivity contribution in [1.82, 2.24) is 0 Å². The maximum absolute atomic E-state index is 14.2. The molecule has 1 aromatic rings. The molecule has 0 unspecified atom stereocenters. The first-order valence-corrected chi connectivity index (χ1v) is 13.5. The van der Waals surface area contributed by atoms with Crippen LogP contribution in [0.2, 0.25) is 0 Å². The zero-order chi connectivity index (χ0) is 25.7. The number of carbonyl (C=O) groups is 1. The van der Waals surface area contributed by atoms with Gasteiger partial charge in [-0.2, -0.15) is 13.2 Å². The van der Waals surface area contributed by atoms with Gasteiger partial charge in [-0.05, 0) is 61.1 Å². The minimum absolute atomic E-state index is 0.0904. The molecule has 3 aliphatic carbocycles. The summed E-state index contributed by atoms with van der Waals surface area (Å²) < 4.78 is 39.6. The molecule has 4 aliphatic rings. The third-order valence-electron chi connectivity index (χ3n) is 8.59. The van der Waals surface area contributed by atoms with Crippen LogP contribution in [0, 0.1) is 17.3 Å². The van der Waals surface area contributed by atoms with Crippen LogP contribution in [0.3, 0.4) is 0 Å². The zero-order valence-electron chi connectivity index (χ0n) is 21.3. The highest BCUT2D eigenvalue weighted by molar-refractivity contribution is 6.30. The van der Waals surface area contributed by atoms with Gasteiger partial charge in [0.2, 0.25) is 0 Å². The normalized spacial score (nSPS) is 27.5. The lowest BCUT2D eigenvalue weighted by Gasteiger charge is -2.46. The quantitative estimate of drug-likeness (QED) is 0.429. The lowest BCUT2D eigenvalue weighted by Crippen LogP contribution is -2.45. The van der Waals surface area contributed by atoms with Gasteiger partial charge in [0, 0.05) is 29.0 Å². The average Bonchev–Trinajstić information content (AvgIpc) is 3.36. The van der Waals surface area contributed by atoms with E-state index >= 15 is 0 Å². The van der Waals surface area contributed by atoms with Crippen LogP contribution < -0.4 is 0 Å². The molecule has 36 heavy (non-hydrogen) atoms. The summed E-state index contributed by atoms with van der Waals surface area (Å²) in [4.78, 5) is 19.1. The number of hydrogen-bond acceptors (Lipinski definition) is 3. The Morgan fingerprint density at radius 3 is 2.14 bits per heavy atom. The van der Waals surface area contributed by atoms with Crippen molar-refractivity contribution in [3.05, 3.63) is 58.2 Å². The molecule has 1 heterocycles. The van der Waals surface area contributed by atoms with Crippen molar-refractivity contribution < 1.29 is 23.1 Å². The Balaban J connectivity index is 1.69. The summed E-state index contributed by atoms with van der Waals surface area (Å²) in [6, 6.07) is 4.56. The standard InChI is InChI=1S/C30H36F3NO2/c1-28(2)17-16-23-24(19-8-4-3-5-9-19)25(26(20-10-6-7-11-20)34-29(23,36)18-28)27(35)21-12-14-22(15-13-21)30(31,32)33/h12-16,19-20,36H,3-11,17-18H2,1-2H3/t29-/m0/s1. The van der Waals surface area contributed by atoms with E-state index in [0.717, 1.165) is 87.5 Å². The summed E-state index contributed by atoms with van der Waals surface area (Å²) in [5, 5.41) is 12.0. The van der Waals surface area contributed by atoms with Gasteiger partial charge in [-0.3, -0.25) is 9.79 Å². The molecule has 3 nitrogen and oxygen atoms in total. The largest absolute Gasteiger partial charge is 0.416 e. The van der Waals surface area contributed by atoms with Gasteiger partial charge in [0.15, 0.2) is 11.5 Å². The topological polar surface area (TPSA) is 49.7 Å². The number of dihydropyridines is 1. The third kappa shape index (κ3) is 4.73. The second-order valence-corrected chi connectivity index (χ2v) is 12.0. The van der Waals surface area contributed by atoms with Crippen molar-refractivity contribution >= 4 is 11.5 Å². The number of aliphatic imine (C=N–C) groups is 1. The second-order valence-electron chi connectivity index (χ2n) is 12.0. The highest BCUT2D eigenvalue weighted by Gasteiger charge is 2.49. The Kier molecular flexibility index (Phi) is 6.55. The van der Waals surface area contributed by atoms with Gasteiger partial charge >= 0.3 is 6.18 Å². The highest BCUT2D eigenvalue weighted by atomic mass is 19.4. The van der Waals surface area contributed by atoms with Crippen LogP contribution in [0.4, 0.5) is 13.2 Å². The number of allylic oxidation sites excluding steroid dienone is 2. The molecule has 6 heteroatoms. The number of halogens is 3. The number of rotatable bonds is 4. The summed E-state index contributed by atoms with van der Waals surface area (Å²) in [6.07, 6.45) is 8.07. The second kappa shape index (κ2) is 9.27. The molecule has 0 aromatic heterocycles. The number of carbonyl (C=O) groups excluding carboxylic acids is 1. The third-order valence-corrected chi connectivity index (χ3v) is 8.59. The van der Waals surface area contributed by atoms with Gasteiger partial charge in [-0.25, -0.2) is 0 Å². The van der Waals surface area contributed by atoms with Crippen molar-refractivity contribution in [1.29, 1.82) is 0 Å². The summed E-state index contributed by atoms with van der Waals surface area (Å²) >= 11 is 0. The van der Waals surface area contributed by atoms with Crippen molar-refractivity contribution in [2.75, 3.05) is 0 Å². The van der Waals surface area contributed by atoms with E-state index < -0.39 is 17.5 Å². The lowest BCUT2D eigenvalue weighted by atomic mass is 9.65. The molecule has 0 bridgehead atoms. The number of alkyl halides is 3. The zero-order valence-corrected chi connectivity index (χ0v) is 21.3. The maximum Gasteiger partial charge on any atom is 0.416 e. The molecular weight excluding hydrogens is 463 g/mol. The van der Waals surface area contributed by atoms with Crippen molar-refractivity contribution in [3.63, 3.8) is 0 Å². The maximum atomic E-state index is 14.2. The Morgan fingerprint density at radius 2 is 1.53 bits per heavy atom. The smallest absolute Gasteiger partial charge is 0.365 e. The van der Waals surface area contributed by atoms with Gasteiger partial charge in [0.25, 0.3) is 0 Å². The molecule has 0 saturated heterocycles. The van der Waals surface area contributed by atoms with E-state index in [4.69, 9.17) is 4.99 Å². The minimum atomic E-state index is -4.45. The average molecular weight is 500 g/mol. The molecule has 2 fully saturated rings. The molecule has 1 aromatic carbocycles. The summed E-state index contributed by atoms with van der Waals surface area (Å²) in [6.45, 7) is 4.27. The number of nitrogens with zero attached hydrogens (tertiary/aromatic N) is 1. The Morgan fingerprint density at radius 1 is 0.944 bits per heavy atom. The number of Topliss-reactive ketones (excluding diaryl/α,β-unsaturated/α-hetero) is 1. The number of fused-ring (bicyclic) bond motifs is 1. The highest BCUT2D eigenvalue weighted by Crippen LogP contribution is 2.52. The van der Waals surface area contributed by atoms with Gasteiger partial charge < -0.3 is 5.11 Å². The van der Waals surface area contributed by atoms with Crippen molar-refractivity contribution in [3.8, 4) is 0 Å². The Bertz CT molecular complexity index is 1110. The lowest BCUT2D eigenvalue weighted by molar-refractivity contribution is -0.137. The van der Waals surface area contributed by atoms with Crippen LogP contribution in [-0.2, 0) is 6.18 Å². The monoisotopic (exact) mass is 499 g/mol. The molecule has 0 radical (unpaired) electrons. The Hall–Kier alpha value is -2.21. The molecule has 1 atom stereocenters. The molecule has 1 N–H and O–H groups in total. The van der Waals surface area contributed by atoms with Crippen LogP contribution in [-0.4, -0.2) is 22.3 Å². The van der Waals surface area contributed by atoms with E-state index in [-0.39, 0.29) is 28.6 Å². The summed E-state index contributed by atoms with van der Waals surface area (Å²) in [7, 11) is 0. The van der Waals surface area contributed by atoms with E-state index in [0.29, 0.717) is 17.7 Å². The van der Waals surface area contributed by atoms with Crippen LogP contribution in [0.1, 0.15) is 100 Å². The van der Waals surface area contributed by atoms with Crippen LogP contribution >= 0.6 is 0 Å². The molecule has 1 aliphatic heterocycles. The molecule has 5 rings (SSSR count). The molecule has 0 spiro atoms. The molecule has 2 saturated carbocycles. The fraction of sp³-hybridized carbons (Fsp3) is 0.600. The molecular formula is C30H36F3NO2. The number of aliphatic hydroxyl groups is 1. The minimum Gasteiger partial charge on any atom is -0.365 e. The van der Waals surface area contributed by atoms with E-state index in [1.165, 1.54) is 12.1 Å². The SMILES string of the molecule is CC1(C)CC=C2C(C3CCCCC3)=C(C(=O)c3ccc(C(F)(F)F)cc3)C(C3CCCC3)=N[C@]2(O)C1. The van der Waals surface area contributed by atoms with Crippen LogP contribution in [0.25, 0.3) is 0 Å². The molecule has 0 amide bonds. The van der Waals surface area contributed by atoms with Crippen LogP contribution in [0.15, 0.2) is 52.1 Å². The fourth-order valence-corrected chi connectivity index (χ4v) is 6.83. The predicted molar refractivity (Wildman–Crippen MR) is 135 cm³/mol. The summed E-state index contributed by atoms with van der Waals surface area (Å²) in [5.74, 6) is -0.0200. The van der Waals surface area contributed by atoms with Crippen molar-refractivity contribution in [2.45, 2.75) is 96.4 Å². The van der Waals surface area contributed by atoms with Gasteiger partial charge in [0.1, 0.15) is 0 Å².